The molecule has 4 fully saturated rings. The van der Waals surface area contributed by atoms with Gasteiger partial charge in [0, 0.05) is 62.4 Å². The number of carbonyl (C=O) groups excluding carboxylic acids is 3. The Labute approximate surface area is 233 Å². The first-order chi connectivity index (χ1) is 19.2. The molecule has 9 atom stereocenters. The smallest absolute Gasteiger partial charge is 0.303 e. The lowest BCUT2D eigenvalue weighted by atomic mass is 9.65. The Bertz CT molecular complexity index is 1310. The number of esters is 3. The van der Waals surface area contributed by atoms with Gasteiger partial charge in [0.2, 0.25) is 12.4 Å². The summed E-state index contributed by atoms with van der Waals surface area (Å²) < 4.78 is 28.4. The molecule has 3 saturated heterocycles. The number of hydrogen-bond donors (Lipinski definition) is 1. The topological polar surface area (TPSA) is 116 Å². The van der Waals surface area contributed by atoms with Crippen LogP contribution in [-0.4, -0.2) is 78.1 Å². The predicted molar refractivity (Wildman–Crippen MR) is 144 cm³/mol. The summed E-state index contributed by atoms with van der Waals surface area (Å²) in [5.74, 6) is 0.806. The van der Waals surface area contributed by atoms with E-state index in [4.69, 9.17) is 23.7 Å². The highest BCUT2D eigenvalue weighted by Crippen LogP contribution is 2.51. The molecule has 0 spiro atoms. The number of H-pyrrole nitrogens is 1. The van der Waals surface area contributed by atoms with Crippen LogP contribution in [0.25, 0.3) is 10.9 Å². The van der Waals surface area contributed by atoms with Gasteiger partial charge in [0.1, 0.15) is 5.75 Å². The van der Waals surface area contributed by atoms with Crippen molar-refractivity contribution < 1.29 is 38.1 Å². The third-order valence-electron chi connectivity index (χ3n) is 9.04. The quantitative estimate of drug-likeness (QED) is 0.423. The van der Waals surface area contributed by atoms with Crippen molar-refractivity contribution in [3.63, 3.8) is 0 Å². The van der Waals surface area contributed by atoms with Gasteiger partial charge in [0.25, 0.3) is 0 Å². The summed E-state index contributed by atoms with van der Waals surface area (Å²) in [5, 5.41) is 1.12. The van der Waals surface area contributed by atoms with Gasteiger partial charge in [-0.05, 0) is 54.9 Å². The normalized spacial score (nSPS) is 34.5. The lowest BCUT2D eigenvalue weighted by Gasteiger charge is -2.53. The van der Waals surface area contributed by atoms with Gasteiger partial charge in [0.05, 0.1) is 6.61 Å². The number of ether oxygens (including phenoxy) is 5. The fraction of sp³-hybridized carbons (Fsp3) is 0.633. The van der Waals surface area contributed by atoms with Crippen molar-refractivity contribution in [3.8, 4) is 5.75 Å². The Morgan fingerprint density at radius 2 is 1.77 bits per heavy atom. The molecular weight excluding hydrogens is 516 g/mol. The van der Waals surface area contributed by atoms with Crippen LogP contribution in [0.15, 0.2) is 18.2 Å². The zero-order valence-electron chi connectivity index (χ0n) is 23.5. The maximum absolute atomic E-state index is 12.0. The van der Waals surface area contributed by atoms with E-state index < -0.39 is 42.5 Å². The van der Waals surface area contributed by atoms with E-state index in [-0.39, 0.29) is 6.61 Å². The molecule has 1 aromatic carbocycles. The summed E-state index contributed by atoms with van der Waals surface area (Å²) in [7, 11) is 0. The van der Waals surface area contributed by atoms with E-state index in [2.05, 4.69) is 16.8 Å². The zero-order chi connectivity index (χ0) is 28.1. The molecule has 7 rings (SSSR count). The van der Waals surface area contributed by atoms with Crippen molar-refractivity contribution in [2.45, 2.75) is 89.9 Å². The van der Waals surface area contributed by atoms with E-state index >= 15 is 0 Å². The molecule has 10 nitrogen and oxygen atoms in total. The minimum absolute atomic E-state index is 0.0829. The lowest BCUT2D eigenvalue weighted by Crippen LogP contribution is -2.59. The third kappa shape index (κ3) is 4.96. The van der Waals surface area contributed by atoms with Gasteiger partial charge in [-0.2, -0.15) is 0 Å². The Kier molecular flexibility index (Phi) is 7.25. The second-order valence-corrected chi connectivity index (χ2v) is 11.7. The van der Waals surface area contributed by atoms with Crippen LogP contribution in [0.2, 0.25) is 0 Å². The highest BCUT2D eigenvalue weighted by atomic mass is 16.7. The lowest BCUT2D eigenvalue weighted by molar-refractivity contribution is -0.259. The van der Waals surface area contributed by atoms with E-state index in [1.807, 2.05) is 18.2 Å². The largest absolute Gasteiger partial charge is 0.461 e. The molecule has 10 heteroatoms. The molecule has 5 aliphatic rings. The average molecular weight is 555 g/mol. The standard InChI is InChI=1S/C30H38N2O8/c1-5-19-10-18-11-23-26-21(8-9-32(13-18)27(19)23)22-12-20(6-7-24(22)31-26)40-30-29(39-17(4)35)28(38-16(3)34)25(14-36-30)37-15(2)33/h6-7,12,18-19,23,25,27-31H,5,8-11,13-14H2,1-4H3/t18-,19-,23-,25+,27?,28+,29+,30?/m0/s1. The summed E-state index contributed by atoms with van der Waals surface area (Å²) in [6.07, 6.45) is 0.564. The predicted octanol–water partition coefficient (Wildman–Crippen LogP) is 3.46. The van der Waals surface area contributed by atoms with E-state index in [9.17, 15) is 14.4 Å². The molecule has 1 saturated carbocycles. The second kappa shape index (κ2) is 10.7. The summed E-state index contributed by atoms with van der Waals surface area (Å²) in [5.41, 5.74) is 3.80. The van der Waals surface area contributed by atoms with E-state index in [0.717, 1.165) is 35.7 Å². The Morgan fingerprint density at radius 3 is 2.50 bits per heavy atom. The van der Waals surface area contributed by atoms with Crippen LogP contribution in [0, 0.1) is 11.8 Å². The maximum atomic E-state index is 12.0. The van der Waals surface area contributed by atoms with Crippen LogP contribution in [0.4, 0.5) is 0 Å². The van der Waals surface area contributed by atoms with Gasteiger partial charge in [-0.1, -0.05) is 13.3 Å². The van der Waals surface area contributed by atoms with Gasteiger partial charge in [-0.25, -0.2) is 0 Å². The molecular formula is C30H38N2O8. The maximum Gasteiger partial charge on any atom is 0.303 e. The van der Waals surface area contributed by atoms with E-state index in [1.54, 1.807) is 0 Å². The van der Waals surface area contributed by atoms with Crippen LogP contribution in [-0.2, 0) is 39.8 Å². The number of benzene rings is 1. The van der Waals surface area contributed by atoms with Crippen molar-refractivity contribution in [1.82, 2.24) is 9.88 Å². The molecule has 216 valence electrons. The molecule has 3 unspecified atom stereocenters. The number of nitrogens with zero attached hydrogens (tertiary/aromatic N) is 1. The van der Waals surface area contributed by atoms with Crippen molar-refractivity contribution in [2.75, 3.05) is 19.7 Å². The SMILES string of the molecule is CC[C@H]1C[C@H]2C[C@H]3c4[nH]c5ccc(OC6OC[C@@H](OC(C)=O)[C@@H](OC(C)=O)[C@H]6OC(C)=O)cc5c4CCN(C2)C13. The van der Waals surface area contributed by atoms with Gasteiger partial charge in [-0.3, -0.25) is 19.3 Å². The molecule has 4 bridgehead atoms. The molecule has 1 aromatic heterocycles. The Hall–Kier alpha value is -3.11. The molecule has 4 aliphatic heterocycles. The van der Waals surface area contributed by atoms with Crippen LogP contribution in [0.3, 0.4) is 0 Å². The number of aromatic nitrogens is 1. The molecule has 0 amide bonds. The number of fused-ring (bicyclic) bond motifs is 4. The number of hydrogen-bond acceptors (Lipinski definition) is 9. The van der Waals surface area contributed by atoms with Gasteiger partial charge < -0.3 is 28.7 Å². The summed E-state index contributed by atoms with van der Waals surface area (Å²) in [4.78, 5) is 42.1. The summed E-state index contributed by atoms with van der Waals surface area (Å²) in [6, 6.07) is 6.49. The van der Waals surface area contributed by atoms with Gasteiger partial charge in [0.15, 0.2) is 12.2 Å². The third-order valence-corrected chi connectivity index (χ3v) is 9.04. The molecule has 2 aromatic rings. The van der Waals surface area contributed by atoms with E-state index in [0.29, 0.717) is 17.7 Å². The number of nitrogens with one attached hydrogen (secondary N) is 1. The highest BCUT2D eigenvalue weighted by molar-refractivity contribution is 5.86. The first-order valence-corrected chi connectivity index (χ1v) is 14.4. The number of piperidine rings is 2. The Balaban J connectivity index is 1.29. The first kappa shape index (κ1) is 27.1. The number of rotatable bonds is 6. The monoisotopic (exact) mass is 554 g/mol. The molecule has 1 N–H and O–H groups in total. The average Bonchev–Trinajstić information content (AvgIpc) is 3.22. The van der Waals surface area contributed by atoms with Crippen molar-refractivity contribution in [2.24, 2.45) is 11.8 Å². The zero-order valence-corrected chi connectivity index (χ0v) is 23.5. The van der Waals surface area contributed by atoms with Crippen molar-refractivity contribution in [1.29, 1.82) is 0 Å². The number of aromatic amines is 1. The van der Waals surface area contributed by atoms with Crippen molar-refractivity contribution >= 4 is 28.8 Å². The van der Waals surface area contributed by atoms with Crippen LogP contribution in [0.1, 0.15) is 64.1 Å². The second-order valence-electron chi connectivity index (χ2n) is 11.7. The molecule has 0 radical (unpaired) electrons. The van der Waals surface area contributed by atoms with Gasteiger partial charge in [-0.15, -0.1) is 0 Å². The number of carbonyl (C=O) groups is 3. The fourth-order valence-corrected chi connectivity index (χ4v) is 7.69. The van der Waals surface area contributed by atoms with Crippen molar-refractivity contribution in [3.05, 3.63) is 29.5 Å². The first-order valence-electron chi connectivity index (χ1n) is 14.4. The van der Waals surface area contributed by atoms with Crippen LogP contribution < -0.4 is 4.74 Å². The van der Waals surface area contributed by atoms with E-state index in [1.165, 1.54) is 57.8 Å². The fourth-order valence-electron chi connectivity index (χ4n) is 7.69. The summed E-state index contributed by atoms with van der Waals surface area (Å²) >= 11 is 0. The molecule has 1 aliphatic carbocycles. The van der Waals surface area contributed by atoms with Gasteiger partial charge >= 0.3 is 17.9 Å². The molecule has 5 heterocycles. The highest BCUT2D eigenvalue weighted by Gasteiger charge is 2.50. The van der Waals surface area contributed by atoms with Crippen LogP contribution in [0.5, 0.6) is 5.75 Å². The molecule has 40 heavy (non-hydrogen) atoms. The minimum atomic E-state index is -1.13. The Morgan fingerprint density at radius 1 is 1.02 bits per heavy atom. The summed E-state index contributed by atoms with van der Waals surface area (Å²) in [6.45, 7) is 8.25. The van der Waals surface area contributed by atoms with Crippen LogP contribution >= 0.6 is 0 Å². The minimum Gasteiger partial charge on any atom is -0.461 e.